The third-order valence-electron chi connectivity index (χ3n) is 5.67. The van der Waals surface area contributed by atoms with Gasteiger partial charge in [0.15, 0.2) is 23.9 Å². The van der Waals surface area contributed by atoms with Crippen molar-refractivity contribution in [2.24, 2.45) is 0 Å². The van der Waals surface area contributed by atoms with Crippen LogP contribution in [0.1, 0.15) is 22.0 Å². The predicted octanol–water partition coefficient (Wildman–Crippen LogP) is -1.67. The number of phenolic OH excluding ortho intramolecular Hbond substituents is 4. The van der Waals surface area contributed by atoms with Crippen LogP contribution in [0, 0.1) is 0 Å². The minimum atomic E-state index is -3.08. The molecule has 1 saturated heterocycles. The van der Waals surface area contributed by atoms with Crippen LogP contribution in [0.25, 0.3) is 0 Å². The lowest BCUT2D eigenvalue weighted by Crippen LogP contribution is -2.63. The van der Waals surface area contributed by atoms with Gasteiger partial charge in [-0.3, -0.25) is 4.79 Å². The molecule has 9 N–H and O–H groups in total. The summed E-state index contributed by atoms with van der Waals surface area (Å²) in [7, 11) is 0. The molecule has 0 aromatic heterocycles. The Kier molecular flexibility index (Phi) is 6.03. The second kappa shape index (κ2) is 8.56. The molecule has 0 bridgehead atoms. The van der Waals surface area contributed by atoms with Crippen LogP contribution in [0.5, 0.6) is 28.7 Å². The Labute approximate surface area is 190 Å². The maximum atomic E-state index is 13.4. The lowest BCUT2D eigenvalue weighted by molar-refractivity contribution is -0.361. The number of aliphatic hydroxyl groups is 5. The third kappa shape index (κ3) is 3.78. The first-order valence-electron chi connectivity index (χ1n) is 9.98. The van der Waals surface area contributed by atoms with Crippen LogP contribution in [0.4, 0.5) is 0 Å². The smallest absolute Gasteiger partial charge is 0.276 e. The van der Waals surface area contributed by atoms with E-state index in [-0.39, 0.29) is 11.3 Å². The van der Waals surface area contributed by atoms with E-state index in [9.17, 15) is 50.8 Å². The summed E-state index contributed by atoms with van der Waals surface area (Å²) in [6.07, 6.45) is -10.9. The molecule has 13 nitrogen and oxygen atoms in total. The molecule has 2 heterocycles. The van der Waals surface area contributed by atoms with E-state index in [2.05, 4.69) is 0 Å². The summed E-state index contributed by atoms with van der Waals surface area (Å²) in [5.41, 5.74) is -0.714. The quantitative estimate of drug-likeness (QED) is 0.176. The Balaban J connectivity index is 1.81. The second-order valence-corrected chi connectivity index (χ2v) is 7.92. The van der Waals surface area contributed by atoms with Crippen LogP contribution in [-0.2, 0) is 9.47 Å². The Morgan fingerprint density at radius 2 is 1.62 bits per heavy atom. The van der Waals surface area contributed by atoms with Crippen molar-refractivity contribution in [1.29, 1.82) is 0 Å². The summed E-state index contributed by atoms with van der Waals surface area (Å²) in [6.45, 7) is -0.814. The highest BCUT2D eigenvalue weighted by Gasteiger charge is 2.58. The van der Waals surface area contributed by atoms with E-state index >= 15 is 0 Å². The van der Waals surface area contributed by atoms with Crippen LogP contribution >= 0.6 is 0 Å². The van der Waals surface area contributed by atoms with E-state index in [4.69, 9.17) is 14.2 Å². The highest BCUT2D eigenvalue weighted by atomic mass is 16.8. The maximum Gasteiger partial charge on any atom is 0.276 e. The first-order valence-corrected chi connectivity index (χ1v) is 9.98. The zero-order chi connectivity index (χ0) is 24.9. The van der Waals surface area contributed by atoms with Crippen LogP contribution in [0.15, 0.2) is 30.3 Å². The minimum Gasteiger partial charge on any atom is -0.508 e. The van der Waals surface area contributed by atoms with Crippen molar-refractivity contribution in [2.75, 3.05) is 6.61 Å². The van der Waals surface area contributed by atoms with Gasteiger partial charge in [-0.25, -0.2) is 0 Å². The fraction of sp³-hybridized carbons (Fsp3) is 0.381. The molecule has 2 aliphatic heterocycles. The number of ketones is 1. The summed E-state index contributed by atoms with van der Waals surface area (Å²) in [5, 5.41) is 90.6. The zero-order valence-electron chi connectivity index (χ0n) is 17.2. The largest absolute Gasteiger partial charge is 0.508 e. The normalized spacial score (nSPS) is 33.3. The number of hydrogen-bond donors (Lipinski definition) is 9. The van der Waals surface area contributed by atoms with Gasteiger partial charge in [0.25, 0.3) is 5.79 Å². The van der Waals surface area contributed by atoms with Crippen molar-refractivity contribution in [1.82, 2.24) is 0 Å². The van der Waals surface area contributed by atoms with Crippen molar-refractivity contribution < 1.29 is 65.0 Å². The number of fused-ring (bicyclic) bond motifs is 1. The Morgan fingerprint density at radius 1 is 0.912 bits per heavy atom. The van der Waals surface area contributed by atoms with Crippen LogP contribution in [0.2, 0.25) is 0 Å². The maximum absolute atomic E-state index is 13.4. The van der Waals surface area contributed by atoms with Gasteiger partial charge in [-0.1, -0.05) is 6.07 Å². The van der Waals surface area contributed by atoms with Crippen molar-refractivity contribution >= 4 is 5.78 Å². The Hall–Kier alpha value is -3.17. The second-order valence-electron chi connectivity index (χ2n) is 7.92. The van der Waals surface area contributed by atoms with Crippen LogP contribution in [-0.4, -0.2) is 94.8 Å². The number of Topliss-reactive ketones (excluding diaryl/α,β-unsaturated/α-hetero) is 1. The van der Waals surface area contributed by atoms with Gasteiger partial charge >= 0.3 is 0 Å². The molecule has 34 heavy (non-hydrogen) atoms. The summed E-state index contributed by atoms with van der Waals surface area (Å²) in [5.74, 6) is -7.17. The van der Waals surface area contributed by atoms with Crippen molar-refractivity contribution in [3.8, 4) is 28.7 Å². The first-order chi connectivity index (χ1) is 16.0. The molecular weight excluding hydrogens is 460 g/mol. The monoisotopic (exact) mass is 482 g/mol. The highest BCUT2D eigenvalue weighted by Crippen LogP contribution is 2.48. The van der Waals surface area contributed by atoms with E-state index in [1.807, 2.05) is 0 Å². The van der Waals surface area contributed by atoms with Gasteiger partial charge < -0.3 is 60.2 Å². The number of benzene rings is 2. The molecule has 2 aliphatic rings. The SMILES string of the molecule is O=C1c2c(O)cc(O)cc2OC(c2ccc(O)c(O)c2)C1(O)OC1O[C@@H](CO)[C@H](O)[C@@H](O)[C@@H]1O. The molecule has 0 radical (unpaired) electrons. The fourth-order valence-electron chi connectivity index (χ4n) is 3.87. The molecule has 0 amide bonds. The van der Waals surface area contributed by atoms with E-state index in [0.717, 1.165) is 24.3 Å². The summed E-state index contributed by atoms with van der Waals surface area (Å²) in [6, 6.07) is 4.93. The van der Waals surface area contributed by atoms with Gasteiger partial charge in [0.1, 0.15) is 47.2 Å². The lowest BCUT2D eigenvalue weighted by Gasteiger charge is -2.45. The van der Waals surface area contributed by atoms with E-state index in [1.165, 1.54) is 6.07 Å². The number of hydrogen-bond acceptors (Lipinski definition) is 13. The van der Waals surface area contributed by atoms with Crippen LogP contribution < -0.4 is 4.74 Å². The van der Waals surface area contributed by atoms with Crippen LogP contribution in [0.3, 0.4) is 0 Å². The lowest BCUT2D eigenvalue weighted by atomic mass is 9.89. The molecule has 3 unspecified atom stereocenters. The molecule has 0 saturated carbocycles. The number of ether oxygens (including phenoxy) is 3. The molecule has 2 aromatic carbocycles. The van der Waals surface area contributed by atoms with Gasteiger partial charge in [-0.05, 0) is 12.1 Å². The molecular formula is C21H22O13. The molecule has 13 heteroatoms. The van der Waals surface area contributed by atoms with Gasteiger partial charge in [-0.2, -0.15) is 0 Å². The summed E-state index contributed by atoms with van der Waals surface area (Å²) < 4.78 is 16.2. The Morgan fingerprint density at radius 3 is 2.26 bits per heavy atom. The first kappa shape index (κ1) is 24.0. The van der Waals surface area contributed by atoms with Gasteiger partial charge in [0, 0.05) is 17.7 Å². The molecule has 4 rings (SSSR count). The van der Waals surface area contributed by atoms with Gasteiger partial charge in [0.2, 0.25) is 5.78 Å². The van der Waals surface area contributed by atoms with Crippen molar-refractivity contribution in [3.05, 3.63) is 41.5 Å². The average Bonchev–Trinajstić information content (AvgIpc) is 2.78. The Bertz CT molecular complexity index is 1100. The highest BCUT2D eigenvalue weighted by molar-refractivity contribution is 6.07. The zero-order valence-corrected chi connectivity index (χ0v) is 17.2. The molecule has 184 valence electrons. The van der Waals surface area contributed by atoms with Crippen molar-refractivity contribution in [3.63, 3.8) is 0 Å². The average molecular weight is 482 g/mol. The van der Waals surface area contributed by atoms with Crippen molar-refractivity contribution in [2.45, 2.75) is 42.6 Å². The number of aliphatic hydroxyl groups excluding tert-OH is 4. The number of carbonyl (C=O) groups is 1. The number of aromatic hydroxyl groups is 4. The number of rotatable bonds is 4. The standard InChI is InChI=1S/C21H22O13/c22-6-13-15(27)16(28)17(29)20(33-13)34-21(31)18(30)14-11(26)4-8(23)5-12(14)32-19(21)7-1-2-9(24)10(25)3-7/h1-5,13,15-17,19-20,22-29,31H,6H2/t13-,15-,16+,17-,19?,20?,21?/m0/s1. The molecule has 7 atom stereocenters. The summed E-state index contributed by atoms with van der Waals surface area (Å²) in [4.78, 5) is 13.4. The molecule has 0 aliphatic carbocycles. The molecule has 0 spiro atoms. The third-order valence-corrected chi connectivity index (χ3v) is 5.67. The van der Waals surface area contributed by atoms with Gasteiger partial charge in [0.05, 0.1) is 6.61 Å². The van der Waals surface area contributed by atoms with E-state index < -0.39 is 83.5 Å². The fourth-order valence-corrected chi connectivity index (χ4v) is 3.87. The predicted molar refractivity (Wildman–Crippen MR) is 107 cm³/mol. The van der Waals surface area contributed by atoms with E-state index in [1.54, 1.807) is 0 Å². The molecule has 1 fully saturated rings. The van der Waals surface area contributed by atoms with E-state index in [0.29, 0.717) is 0 Å². The topological polar surface area (TPSA) is 227 Å². The number of carbonyl (C=O) groups excluding carboxylic acids is 1. The molecule has 2 aromatic rings. The number of phenols is 4. The van der Waals surface area contributed by atoms with Gasteiger partial charge in [-0.15, -0.1) is 0 Å². The summed E-state index contributed by atoms with van der Waals surface area (Å²) >= 11 is 0. The minimum absolute atomic E-state index is 0.121.